The molecule has 2 N–H and O–H groups in total. The van der Waals surface area contributed by atoms with Crippen LogP contribution >= 0.6 is 0 Å². The van der Waals surface area contributed by atoms with E-state index in [2.05, 4.69) is 67.2 Å². The molecular weight excluding hydrogens is 605 g/mol. The summed E-state index contributed by atoms with van der Waals surface area (Å²) < 4.78 is 20.4. The summed E-state index contributed by atoms with van der Waals surface area (Å²) in [4.78, 5) is 13.3. The number of fused-ring (bicyclic) bond motifs is 7. The zero-order valence-electron chi connectivity index (χ0n) is 31.7. The normalized spacial score (nSPS) is 45.5. The number of ether oxygens (including phenoxy) is 1. The molecule has 1 aromatic carbocycles. The minimum atomic E-state index is -1.08. The van der Waals surface area contributed by atoms with Crippen molar-refractivity contribution < 1.29 is 13.9 Å². The van der Waals surface area contributed by atoms with Crippen LogP contribution in [0.4, 0.5) is 4.39 Å². The summed E-state index contributed by atoms with van der Waals surface area (Å²) in [7, 11) is 0. The van der Waals surface area contributed by atoms with Gasteiger partial charge in [0.25, 0.3) is 0 Å². The molecule has 6 aliphatic rings. The van der Waals surface area contributed by atoms with Crippen LogP contribution in [0.5, 0.6) is 0 Å². The number of nitrogens with two attached hydrogens (primary N) is 1. The summed E-state index contributed by atoms with van der Waals surface area (Å²) in [5.74, 6) is 2.03. The molecule has 0 aromatic heterocycles. The number of rotatable bonds is 6. The molecule has 0 saturated heterocycles. The molecule has 10 unspecified atom stereocenters. The summed E-state index contributed by atoms with van der Waals surface area (Å²) in [6.07, 6.45) is 17.4. The molecule has 3 nitrogen and oxygen atoms in total. The predicted octanol–water partition coefficient (Wildman–Crippen LogP) is 11.1. The van der Waals surface area contributed by atoms with Gasteiger partial charge in [-0.2, -0.15) is 0 Å². The first kappa shape index (κ1) is 35.2. The van der Waals surface area contributed by atoms with Crippen LogP contribution in [0.3, 0.4) is 0 Å². The average Bonchev–Trinajstić information content (AvgIpc) is 3.35. The fourth-order valence-corrected chi connectivity index (χ4v) is 14.4. The number of allylic oxidation sites excluding steroid dienone is 5. The van der Waals surface area contributed by atoms with Gasteiger partial charge in [-0.25, -0.2) is 4.39 Å². The molecule has 6 aliphatic carbocycles. The van der Waals surface area contributed by atoms with E-state index in [1.165, 1.54) is 55.2 Å². The molecule has 0 amide bonds. The third kappa shape index (κ3) is 4.76. The molecule has 0 spiro atoms. The quantitative estimate of drug-likeness (QED) is 0.242. The van der Waals surface area contributed by atoms with Crippen LogP contribution < -0.4 is 5.73 Å². The highest BCUT2D eigenvalue weighted by atomic mass is 19.1. The predicted molar refractivity (Wildman–Crippen MR) is 198 cm³/mol. The van der Waals surface area contributed by atoms with Gasteiger partial charge in [0.2, 0.25) is 0 Å². The molecule has 1 aromatic rings. The molecule has 0 aliphatic heterocycles. The SMILES string of the molecule is C=C(C)C1CCC2(N)CCC3(C)C(CCC4C5(C)CC=C(C6=CCC(CF)(C(=O)OCc7ccccc7)CC6)C(C)(C)C5CCC43C)C12C. The highest BCUT2D eigenvalue weighted by molar-refractivity contribution is 5.78. The maximum Gasteiger partial charge on any atom is 0.315 e. The minimum absolute atomic E-state index is 0.0168. The number of halogens is 1. The van der Waals surface area contributed by atoms with Crippen molar-refractivity contribution in [2.45, 2.75) is 138 Å². The van der Waals surface area contributed by atoms with Crippen molar-refractivity contribution in [3.05, 3.63) is 71.3 Å². The first-order valence-electron chi connectivity index (χ1n) is 19.6. The summed E-state index contributed by atoms with van der Waals surface area (Å²) in [6.45, 7) is 21.9. The van der Waals surface area contributed by atoms with Crippen molar-refractivity contribution in [2.75, 3.05) is 6.67 Å². The van der Waals surface area contributed by atoms with Crippen molar-refractivity contribution in [1.82, 2.24) is 0 Å². The van der Waals surface area contributed by atoms with Gasteiger partial charge in [-0.1, -0.05) is 96.2 Å². The van der Waals surface area contributed by atoms with Crippen LogP contribution in [-0.2, 0) is 16.1 Å². The second-order valence-electron chi connectivity index (χ2n) is 19.4. The van der Waals surface area contributed by atoms with Crippen molar-refractivity contribution in [2.24, 2.45) is 61.9 Å². The first-order chi connectivity index (χ1) is 23.0. The largest absolute Gasteiger partial charge is 0.460 e. The number of carbonyl (C=O) groups is 1. The summed E-state index contributed by atoms with van der Waals surface area (Å²) in [6, 6.07) is 9.68. The van der Waals surface area contributed by atoms with E-state index in [4.69, 9.17) is 10.5 Å². The second-order valence-corrected chi connectivity index (χ2v) is 19.4. The number of alkyl halides is 1. The Balaban J connectivity index is 1.14. The molecular formula is C45H64FNO2. The van der Waals surface area contributed by atoms with Crippen LogP contribution in [0.25, 0.3) is 0 Å². The molecule has 268 valence electrons. The van der Waals surface area contributed by atoms with Gasteiger partial charge in [-0.3, -0.25) is 4.79 Å². The van der Waals surface area contributed by atoms with E-state index in [9.17, 15) is 9.18 Å². The van der Waals surface area contributed by atoms with Gasteiger partial charge >= 0.3 is 5.97 Å². The second kappa shape index (κ2) is 11.7. The molecule has 4 fully saturated rings. The van der Waals surface area contributed by atoms with E-state index in [0.717, 1.165) is 31.2 Å². The monoisotopic (exact) mass is 669 g/mol. The van der Waals surface area contributed by atoms with E-state index in [1.807, 2.05) is 30.3 Å². The van der Waals surface area contributed by atoms with Gasteiger partial charge in [-0.05, 0) is 151 Å². The van der Waals surface area contributed by atoms with Crippen molar-refractivity contribution >= 4 is 5.97 Å². The van der Waals surface area contributed by atoms with Crippen LogP contribution in [0.15, 0.2) is 65.8 Å². The van der Waals surface area contributed by atoms with Crippen molar-refractivity contribution in [1.29, 1.82) is 0 Å². The maximum absolute atomic E-state index is 14.7. The lowest BCUT2D eigenvalue weighted by Crippen LogP contribution is -2.70. The molecule has 0 heterocycles. The number of hydrogen-bond donors (Lipinski definition) is 1. The molecule has 0 radical (unpaired) electrons. The van der Waals surface area contributed by atoms with Crippen LogP contribution in [0.1, 0.15) is 131 Å². The lowest BCUT2D eigenvalue weighted by Gasteiger charge is -2.74. The first-order valence-corrected chi connectivity index (χ1v) is 19.6. The molecule has 4 saturated carbocycles. The zero-order chi connectivity index (χ0) is 35.3. The number of carbonyl (C=O) groups excluding carboxylic acids is 1. The molecule has 4 heteroatoms. The van der Waals surface area contributed by atoms with Gasteiger partial charge in [0.15, 0.2) is 0 Å². The summed E-state index contributed by atoms with van der Waals surface area (Å²) >= 11 is 0. The van der Waals surface area contributed by atoms with E-state index >= 15 is 0 Å². The van der Waals surface area contributed by atoms with Crippen molar-refractivity contribution in [3.63, 3.8) is 0 Å². The summed E-state index contributed by atoms with van der Waals surface area (Å²) in [5.41, 5.74) is 12.3. The van der Waals surface area contributed by atoms with E-state index < -0.39 is 18.1 Å². The zero-order valence-corrected chi connectivity index (χ0v) is 31.7. The highest BCUT2D eigenvalue weighted by Gasteiger charge is 2.73. The smallest absolute Gasteiger partial charge is 0.315 e. The lowest BCUT2D eigenvalue weighted by molar-refractivity contribution is -0.237. The minimum Gasteiger partial charge on any atom is -0.460 e. The van der Waals surface area contributed by atoms with E-state index in [0.29, 0.717) is 36.5 Å². The van der Waals surface area contributed by atoms with Gasteiger partial charge in [0.1, 0.15) is 13.3 Å². The molecule has 7 rings (SSSR count). The number of esters is 1. The Morgan fingerprint density at radius 3 is 2.20 bits per heavy atom. The van der Waals surface area contributed by atoms with Crippen LogP contribution in [0.2, 0.25) is 0 Å². The van der Waals surface area contributed by atoms with Gasteiger partial charge < -0.3 is 10.5 Å². The third-order valence-electron chi connectivity index (χ3n) is 17.4. The highest BCUT2D eigenvalue weighted by Crippen LogP contribution is 2.78. The van der Waals surface area contributed by atoms with Gasteiger partial charge in [0.05, 0.1) is 5.41 Å². The van der Waals surface area contributed by atoms with E-state index in [1.54, 1.807) is 0 Å². The summed E-state index contributed by atoms with van der Waals surface area (Å²) in [5, 5.41) is 0. The topological polar surface area (TPSA) is 52.3 Å². The Morgan fingerprint density at radius 2 is 1.55 bits per heavy atom. The van der Waals surface area contributed by atoms with Crippen LogP contribution in [-0.4, -0.2) is 18.2 Å². The number of hydrogen-bond acceptors (Lipinski definition) is 3. The maximum atomic E-state index is 14.7. The average molecular weight is 670 g/mol. The Kier molecular flexibility index (Phi) is 8.38. The lowest BCUT2D eigenvalue weighted by atomic mass is 9.31. The standard InChI is InChI=1S/C45H64FNO2/c1-30(2)33-19-25-45(47)27-26-42(7)37(43(33,45)8)15-14-36-40(5)21-18-34(39(3,4)35(40)20-22-41(36,42)6)32-16-23-44(29-46,24-17-32)38(48)49-28-31-12-10-9-11-13-31/h9-13,16,18,33,35-37H,1,14-15,17,19-29,47H2,2-8H3. The number of benzene rings is 1. The van der Waals surface area contributed by atoms with Crippen LogP contribution in [0, 0.1) is 56.2 Å². The molecule has 49 heavy (non-hydrogen) atoms. The fraction of sp³-hybridized carbons (Fsp3) is 0.711. The Morgan fingerprint density at radius 1 is 0.857 bits per heavy atom. The Bertz CT molecular complexity index is 1560. The Hall–Kier alpha value is -2.20. The van der Waals surface area contributed by atoms with Gasteiger partial charge in [0, 0.05) is 5.54 Å². The van der Waals surface area contributed by atoms with Gasteiger partial charge in [-0.15, -0.1) is 0 Å². The van der Waals surface area contributed by atoms with Crippen molar-refractivity contribution in [3.8, 4) is 0 Å². The fourth-order valence-electron chi connectivity index (χ4n) is 14.4. The molecule has 0 bridgehead atoms. The molecule has 10 atom stereocenters. The third-order valence-corrected chi connectivity index (χ3v) is 17.4. The Labute approximate surface area is 296 Å². The van der Waals surface area contributed by atoms with E-state index in [-0.39, 0.29) is 39.2 Å².